The second-order valence-corrected chi connectivity index (χ2v) is 10.2. The molecule has 2 aromatic carbocycles. The number of aromatic nitrogens is 2. The van der Waals surface area contributed by atoms with Crippen LogP contribution in [-0.2, 0) is 26.9 Å². The Morgan fingerprint density at radius 2 is 1.81 bits per heavy atom. The Morgan fingerprint density at radius 3 is 2.53 bits per heavy atom. The smallest absolute Gasteiger partial charge is 0.244 e. The van der Waals surface area contributed by atoms with Crippen LogP contribution in [0.15, 0.2) is 73.1 Å². The van der Waals surface area contributed by atoms with Crippen molar-refractivity contribution < 1.29 is 17.9 Å². The van der Waals surface area contributed by atoms with Gasteiger partial charge < -0.3 is 4.74 Å². The molecule has 0 saturated heterocycles. The Morgan fingerprint density at radius 1 is 1.03 bits per heavy atom. The van der Waals surface area contributed by atoms with Crippen LogP contribution in [0, 0.1) is 0 Å². The molecular formula is C23H21N3O4S2. The summed E-state index contributed by atoms with van der Waals surface area (Å²) < 4.78 is 31.8. The van der Waals surface area contributed by atoms with Crippen molar-refractivity contribution in [3.8, 4) is 5.75 Å². The summed E-state index contributed by atoms with van der Waals surface area (Å²) in [4.78, 5) is 23.3. The van der Waals surface area contributed by atoms with Crippen molar-refractivity contribution in [1.29, 1.82) is 0 Å². The van der Waals surface area contributed by atoms with Crippen LogP contribution in [0.5, 0.6) is 5.75 Å². The Bertz CT molecular complexity index is 1320. The normalized spacial score (nSPS) is 11.4. The quantitative estimate of drug-likeness (QED) is 0.391. The van der Waals surface area contributed by atoms with Crippen molar-refractivity contribution in [2.45, 2.75) is 12.3 Å². The van der Waals surface area contributed by atoms with Gasteiger partial charge in [0.2, 0.25) is 5.91 Å². The molecule has 0 spiro atoms. The lowest BCUT2D eigenvalue weighted by Crippen LogP contribution is -2.35. The molecule has 2 heterocycles. The number of hydrogen-bond acceptors (Lipinski definition) is 7. The summed E-state index contributed by atoms with van der Waals surface area (Å²) in [6, 6.07) is 18.0. The molecule has 0 aliphatic rings. The van der Waals surface area contributed by atoms with Gasteiger partial charge in [-0.25, -0.2) is 13.4 Å². The zero-order valence-corrected chi connectivity index (χ0v) is 19.0. The highest BCUT2D eigenvalue weighted by Gasteiger charge is 2.26. The van der Waals surface area contributed by atoms with E-state index < -0.39 is 21.5 Å². The fraction of sp³-hybridized carbons (Fsp3) is 0.174. The Balaban J connectivity index is 1.65. The van der Waals surface area contributed by atoms with Crippen LogP contribution in [0.25, 0.3) is 10.2 Å². The molecule has 1 amide bonds. The zero-order chi connectivity index (χ0) is 22.6. The molecule has 4 aromatic rings. The van der Waals surface area contributed by atoms with Gasteiger partial charge in [0.25, 0.3) is 0 Å². The van der Waals surface area contributed by atoms with Gasteiger partial charge >= 0.3 is 0 Å². The van der Waals surface area contributed by atoms with E-state index in [1.807, 2.05) is 24.3 Å². The van der Waals surface area contributed by atoms with Gasteiger partial charge in [0.15, 0.2) is 15.0 Å². The molecule has 0 aliphatic carbocycles. The maximum atomic E-state index is 13.2. The molecule has 4 rings (SSSR count). The summed E-state index contributed by atoms with van der Waals surface area (Å²) in [7, 11) is -2.12. The number of benzene rings is 2. The van der Waals surface area contributed by atoms with Gasteiger partial charge in [-0.3, -0.25) is 14.7 Å². The van der Waals surface area contributed by atoms with Crippen molar-refractivity contribution in [2.75, 3.05) is 17.8 Å². The van der Waals surface area contributed by atoms with Gasteiger partial charge in [0.1, 0.15) is 17.0 Å². The van der Waals surface area contributed by atoms with Crippen molar-refractivity contribution >= 4 is 42.4 Å². The van der Waals surface area contributed by atoms with Crippen LogP contribution >= 0.6 is 11.3 Å². The third-order valence-electron chi connectivity index (χ3n) is 4.76. The van der Waals surface area contributed by atoms with Crippen molar-refractivity contribution in [1.82, 2.24) is 9.97 Å². The minimum absolute atomic E-state index is 0.162. The first-order chi connectivity index (χ1) is 15.4. The van der Waals surface area contributed by atoms with E-state index in [9.17, 15) is 13.2 Å². The fourth-order valence-electron chi connectivity index (χ4n) is 3.27. The van der Waals surface area contributed by atoms with Crippen LogP contribution in [0.2, 0.25) is 0 Å². The van der Waals surface area contributed by atoms with Gasteiger partial charge in [-0.05, 0) is 29.3 Å². The van der Waals surface area contributed by atoms with Gasteiger partial charge in [0.05, 0.1) is 24.1 Å². The van der Waals surface area contributed by atoms with Crippen LogP contribution in [0.4, 0.5) is 5.13 Å². The first-order valence-electron chi connectivity index (χ1n) is 9.82. The molecule has 0 radical (unpaired) electrons. The lowest BCUT2D eigenvalue weighted by atomic mass is 10.2. The van der Waals surface area contributed by atoms with Crippen molar-refractivity contribution in [2.24, 2.45) is 0 Å². The van der Waals surface area contributed by atoms with Crippen LogP contribution < -0.4 is 9.64 Å². The molecular weight excluding hydrogens is 446 g/mol. The molecule has 0 N–H and O–H groups in total. The molecule has 0 saturated carbocycles. The number of nitrogens with zero attached hydrogens (tertiary/aromatic N) is 3. The highest BCUT2D eigenvalue weighted by atomic mass is 32.2. The molecule has 0 atom stereocenters. The number of fused-ring (bicyclic) bond motifs is 1. The molecule has 164 valence electrons. The van der Waals surface area contributed by atoms with E-state index in [2.05, 4.69) is 9.97 Å². The van der Waals surface area contributed by atoms with Crippen LogP contribution in [0.3, 0.4) is 0 Å². The first-order valence-corrected chi connectivity index (χ1v) is 12.5. The number of ether oxygens (including phenoxy) is 1. The monoisotopic (exact) mass is 467 g/mol. The molecule has 0 unspecified atom stereocenters. The number of methoxy groups -OCH3 is 1. The van der Waals surface area contributed by atoms with E-state index in [-0.39, 0.29) is 12.3 Å². The second-order valence-electron chi connectivity index (χ2n) is 7.16. The van der Waals surface area contributed by atoms with E-state index in [1.54, 1.807) is 55.9 Å². The number of carbonyl (C=O) groups excluding carboxylic acids is 1. The number of pyridine rings is 1. The third kappa shape index (κ3) is 5.12. The van der Waals surface area contributed by atoms with E-state index >= 15 is 0 Å². The number of sulfone groups is 1. The van der Waals surface area contributed by atoms with Gasteiger partial charge in [0, 0.05) is 12.4 Å². The third-order valence-corrected chi connectivity index (χ3v) is 7.26. The Kier molecular flexibility index (Phi) is 6.48. The van der Waals surface area contributed by atoms with Gasteiger partial charge in [-0.2, -0.15) is 0 Å². The predicted molar refractivity (Wildman–Crippen MR) is 126 cm³/mol. The summed E-state index contributed by atoms with van der Waals surface area (Å²) in [5, 5.41) is 0.410. The minimum atomic E-state index is -3.68. The van der Waals surface area contributed by atoms with Crippen molar-refractivity contribution in [3.63, 3.8) is 0 Å². The number of thiazole rings is 1. The molecule has 0 aliphatic heterocycles. The summed E-state index contributed by atoms with van der Waals surface area (Å²) in [6.07, 6.45) is 3.29. The average Bonchev–Trinajstić information content (AvgIpc) is 3.22. The zero-order valence-electron chi connectivity index (χ0n) is 17.3. The average molecular weight is 468 g/mol. The summed E-state index contributed by atoms with van der Waals surface area (Å²) in [6.45, 7) is 0.162. The summed E-state index contributed by atoms with van der Waals surface area (Å²) >= 11 is 1.31. The number of carbonyl (C=O) groups is 1. The fourth-order valence-corrected chi connectivity index (χ4v) is 5.61. The number of hydrogen-bond donors (Lipinski definition) is 0. The lowest BCUT2D eigenvalue weighted by molar-refractivity contribution is -0.116. The van der Waals surface area contributed by atoms with Crippen LogP contribution in [-0.4, -0.2) is 37.2 Å². The van der Waals surface area contributed by atoms with E-state index in [0.717, 1.165) is 10.3 Å². The molecule has 7 nitrogen and oxygen atoms in total. The predicted octanol–water partition coefficient (Wildman–Crippen LogP) is 3.85. The topological polar surface area (TPSA) is 89.5 Å². The Labute approximate surface area is 190 Å². The number of anilines is 1. The highest BCUT2D eigenvalue weighted by molar-refractivity contribution is 7.91. The number of rotatable bonds is 8. The van der Waals surface area contributed by atoms with Gasteiger partial charge in [-0.15, -0.1) is 0 Å². The maximum absolute atomic E-state index is 13.2. The van der Waals surface area contributed by atoms with Crippen molar-refractivity contribution in [3.05, 3.63) is 84.2 Å². The highest BCUT2D eigenvalue weighted by Crippen LogP contribution is 2.34. The van der Waals surface area contributed by atoms with E-state index in [0.29, 0.717) is 22.0 Å². The molecule has 2 aromatic heterocycles. The molecule has 0 bridgehead atoms. The first kappa shape index (κ1) is 21.9. The Hall–Kier alpha value is -3.30. The van der Waals surface area contributed by atoms with Crippen LogP contribution in [0.1, 0.15) is 11.1 Å². The lowest BCUT2D eigenvalue weighted by Gasteiger charge is -2.20. The molecule has 32 heavy (non-hydrogen) atoms. The maximum Gasteiger partial charge on any atom is 0.244 e. The summed E-state index contributed by atoms with van der Waals surface area (Å²) in [5.41, 5.74) is 2.04. The standard InChI is InChI=1S/C23H21N3O4S2/c1-30-19-10-5-11-20-22(19)25-23(31-20)26(14-18-9-6-12-24-13-18)21(27)16-32(28,29)15-17-7-3-2-4-8-17/h2-13H,14-16H2,1H3. The minimum Gasteiger partial charge on any atom is -0.494 e. The molecule has 0 fully saturated rings. The second kappa shape index (κ2) is 9.46. The number of para-hydroxylation sites is 1. The largest absolute Gasteiger partial charge is 0.494 e. The van der Waals surface area contributed by atoms with E-state index in [1.165, 1.54) is 16.2 Å². The SMILES string of the molecule is COc1cccc2sc(N(Cc3cccnc3)C(=O)CS(=O)(=O)Cc3ccccc3)nc12. The van der Waals surface area contributed by atoms with E-state index in [4.69, 9.17) is 4.74 Å². The van der Waals surface area contributed by atoms with Gasteiger partial charge in [-0.1, -0.05) is 53.8 Å². The molecule has 9 heteroatoms. The number of amides is 1. The summed E-state index contributed by atoms with van der Waals surface area (Å²) in [5.74, 6) is -0.762.